The molecule has 0 N–H and O–H groups in total. The molecule has 9 rings (SSSR count). The van der Waals surface area contributed by atoms with Crippen LogP contribution in [-0.2, 0) is 5.41 Å². The maximum absolute atomic E-state index is 5.06. The summed E-state index contributed by atoms with van der Waals surface area (Å²) >= 11 is 3.80. The summed E-state index contributed by atoms with van der Waals surface area (Å²) in [5.74, 6) is 1.98. The van der Waals surface area contributed by atoms with Gasteiger partial charge in [-0.1, -0.05) is 143 Å². The number of fused-ring (bicyclic) bond motifs is 10. The highest BCUT2D eigenvalue weighted by molar-refractivity contribution is 9.10. The third kappa shape index (κ3) is 3.58. The lowest BCUT2D eigenvalue weighted by atomic mass is 9.70. The van der Waals surface area contributed by atoms with Gasteiger partial charge in [0.25, 0.3) is 0 Å². The van der Waals surface area contributed by atoms with Gasteiger partial charge in [0.2, 0.25) is 0 Å². The van der Waals surface area contributed by atoms with E-state index in [1.54, 1.807) is 0 Å². The zero-order valence-electron chi connectivity index (χ0n) is 23.6. The maximum atomic E-state index is 5.06. The van der Waals surface area contributed by atoms with Crippen LogP contribution in [0, 0.1) is 0 Å². The normalized spacial score (nSPS) is 15.5. The third-order valence-corrected chi connectivity index (χ3v) is 9.50. The van der Waals surface area contributed by atoms with Crippen LogP contribution in [0.4, 0.5) is 0 Å². The molecule has 1 unspecified atom stereocenters. The van der Waals surface area contributed by atoms with Crippen molar-refractivity contribution in [2.75, 3.05) is 0 Å². The SMILES string of the molecule is Brc1ccc2c(c1)C1(c3ccccc3-2)c2ccccc2-c2ccc(-c3nc(-c4ccccc4)nc(-c4ccccc4)n3)cc21. The lowest BCUT2D eigenvalue weighted by molar-refractivity contribution is 0.793. The molecule has 206 valence electrons. The number of rotatable bonds is 3. The quantitative estimate of drug-likeness (QED) is 0.196. The standard InChI is InChI=1S/C40H24BrN3/c41-28-20-22-32-30-16-8-10-18-34(30)40(36(32)24-28)33-17-9-7-15-29(33)31-21-19-27(23-35(31)40)39-43-37(25-11-3-1-4-12-25)42-38(44-39)26-13-5-2-6-14-26/h1-24H. The minimum Gasteiger partial charge on any atom is -0.208 e. The van der Waals surface area contributed by atoms with Crippen molar-refractivity contribution in [3.8, 4) is 56.4 Å². The molecule has 0 amide bonds. The molecule has 1 atom stereocenters. The van der Waals surface area contributed by atoms with Gasteiger partial charge in [0.05, 0.1) is 5.41 Å². The zero-order valence-corrected chi connectivity index (χ0v) is 25.2. The smallest absolute Gasteiger partial charge is 0.164 e. The molecule has 44 heavy (non-hydrogen) atoms. The Morgan fingerprint density at radius 1 is 0.364 bits per heavy atom. The largest absolute Gasteiger partial charge is 0.208 e. The average molecular weight is 627 g/mol. The minimum atomic E-state index is -0.449. The maximum Gasteiger partial charge on any atom is 0.164 e. The molecule has 2 aliphatic rings. The predicted molar refractivity (Wildman–Crippen MR) is 180 cm³/mol. The highest BCUT2D eigenvalue weighted by Crippen LogP contribution is 2.63. The molecule has 0 saturated heterocycles. The van der Waals surface area contributed by atoms with Gasteiger partial charge in [-0.25, -0.2) is 15.0 Å². The van der Waals surface area contributed by atoms with E-state index in [-0.39, 0.29) is 0 Å². The van der Waals surface area contributed by atoms with Crippen LogP contribution in [0.5, 0.6) is 0 Å². The molecule has 3 nitrogen and oxygen atoms in total. The van der Waals surface area contributed by atoms with Crippen LogP contribution in [-0.4, -0.2) is 15.0 Å². The number of hydrogen-bond donors (Lipinski definition) is 0. The van der Waals surface area contributed by atoms with Gasteiger partial charge in [-0.05, 0) is 62.7 Å². The fourth-order valence-corrected chi connectivity index (χ4v) is 7.55. The van der Waals surface area contributed by atoms with E-state index in [4.69, 9.17) is 15.0 Å². The van der Waals surface area contributed by atoms with E-state index in [1.807, 2.05) is 60.7 Å². The Kier molecular flexibility index (Phi) is 5.56. The second-order valence-electron chi connectivity index (χ2n) is 11.3. The Hall–Kier alpha value is -5.19. The van der Waals surface area contributed by atoms with E-state index in [0.717, 1.165) is 21.2 Å². The molecule has 1 spiro atoms. The van der Waals surface area contributed by atoms with Gasteiger partial charge in [-0.3, -0.25) is 0 Å². The van der Waals surface area contributed by atoms with Crippen molar-refractivity contribution >= 4 is 15.9 Å². The topological polar surface area (TPSA) is 38.7 Å². The molecule has 0 saturated carbocycles. The molecule has 0 radical (unpaired) electrons. The molecule has 0 fully saturated rings. The molecule has 0 bridgehead atoms. The van der Waals surface area contributed by atoms with Gasteiger partial charge in [0.15, 0.2) is 17.5 Å². The molecule has 0 aliphatic heterocycles. The van der Waals surface area contributed by atoms with Crippen molar-refractivity contribution in [3.05, 3.63) is 172 Å². The van der Waals surface area contributed by atoms with E-state index < -0.39 is 5.41 Å². The van der Waals surface area contributed by atoms with Crippen molar-refractivity contribution < 1.29 is 0 Å². The summed E-state index contributed by atoms with van der Waals surface area (Å²) in [5.41, 5.74) is 12.7. The Balaban J connectivity index is 1.33. The van der Waals surface area contributed by atoms with Crippen LogP contribution in [0.3, 0.4) is 0 Å². The number of nitrogens with zero attached hydrogens (tertiary/aromatic N) is 3. The first kappa shape index (κ1) is 25.3. The van der Waals surface area contributed by atoms with Crippen LogP contribution < -0.4 is 0 Å². The summed E-state index contributed by atoms with van der Waals surface area (Å²) in [7, 11) is 0. The number of aromatic nitrogens is 3. The molecular formula is C40H24BrN3. The van der Waals surface area contributed by atoms with Crippen molar-refractivity contribution in [2.24, 2.45) is 0 Å². The fraction of sp³-hybridized carbons (Fsp3) is 0.0250. The summed E-state index contributed by atoms with van der Waals surface area (Å²) in [4.78, 5) is 15.0. The van der Waals surface area contributed by atoms with Gasteiger partial charge < -0.3 is 0 Å². The van der Waals surface area contributed by atoms with E-state index in [2.05, 4.69) is 101 Å². The van der Waals surface area contributed by atoms with Gasteiger partial charge in [0.1, 0.15) is 0 Å². The van der Waals surface area contributed by atoms with E-state index in [9.17, 15) is 0 Å². The van der Waals surface area contributed by atoms with Crippen LogP contribution >= 0.6 is 15.9 Å². The lowest BCUT2D eigenvalue weighted by Gasteiger charge is -2.30. The van der Waals surface area contributed by atoms with Gasteiger partial charge in [0, 0.05) is 21.2 Å². The van der Waals surface area contributed by atoms with E-state index in [0.29, 0.717) is 17.5 Å². The van der Waals surface area contributed by atoms with Crippen molar-refractivity contribution in [1.82, 2.24) is 15.0 Å². The second-order valence-corrected chi connectivity index (χ2v) is 12.2. The fourth-order valence-electron chi connectivity index (χ4n) is 7.19. The first-order valence-electron chi connectivity index (χ1n) is 14.7. The monoisotopic (exact) mass is 625 g/mol. The molecule has 6 aromatic carbocycles. The van der Waals surface area contributed by atoms with Gasteiger partial charge in [-0.15, -0.1) is 0 Å². The van der Waals surface area contributed by atoms with Crippen LogP contribution in [0.2, 0.25) is 0 Å². The molecular weight excluding hydrogens is 602 g/mol. The predicted octanol–water partition coefficient (Wildman–Crippen LogP) is 9.98. The lowest BCUT2D eigenvalue weighted by Crippen LogP contribution is -2.26. The molecule has 1 aromatic heterocycles. The summed E-state index contributed by atoms with van der Waals surface area (Å²) in [6.07, 6.45) is 0. The number of halogens is 1. The van der Waals surface area contributed by atoms with E-state index in [1.165, 1.54) is 44.5 Å². The molecule has 7 aromatic rings. The summed E-state index contributed by atoms with van der Waals surface area (Å²) in [5, 5.41) is 0. The zero-order chi connectivity index (χ0) is 29.3. The second kappa shape index (κ2) is 9.66. The molecule has 1 heterocycles. The number of benzene rings is 6. The van der Waals surface area contributed by atoms with E-state index >= 15 is 0 Å². The summed E-state index contributed by atoms with van der Waals surface area (Å²) < 4.78 is 1.07. The number of hydrogen-bond acceptors (Lipinski definition) is 3. The Labute approximate surface area is 264 Å². The van der Waals surface area contributed by atoms with Crippen LogP contribution in [0.25, 0.3) is 56.4 Å². The summed E-state index contributed by atoms with van der Waals surface area (Å²) in [6, 6.07) is 51.4. The first-order chi connectivity index (χ1) is 21.7. The van der Waals surface area contributed by atoms with Gasteiger partial charge >= 0.3 is 0 Å². The average Bonchev–Trinajstić information content (AvgIpc) is 3.55. The minimum absolute atomic E-state index is 0.449. The molecule has 4 heteroatoms. The van der Waals surface area contributed by atoms with Crippen molar-refractivity contribution in [1.29, 1.82) is 0 Å². The molecule has 2 aliphatic carbocycles. The Morgan fingerprint density at radius 2 is 0.795 bits per heavy atom. The summed E-state index contributed by atoms with van der Waals surface area (Å²) in [6.45, 7) is 0. The highest BCUT2D eigenvalue weighted by Gasteiger charge is 2.51. The highest BCUT2D eigenvalue weighted by atomic mass is 79.9. The Morgan fingerprint density at radius 3 is 1.36 bits per heavy atom. The van der Waals surface area contributed by atoms with Gasteiger partial charge in [-0.2, -0.15) is 0 Å². The Bertz CT molecular complexity index is 2170. The van der Waals surface area contributed by atoms with Crippen molar-refractivity contribution in [2.45, 2.75) is 5.41 Å². The third-order valence-electron chi connectivity index (χ3n) is 9.01. The van der Waals surface area contributed by atoms with Crippen molar-refractivity contribution in [3.63, 3.8) is 0 Å². The van der Waals surface area contributed by atoms with Crippen LogP contribution in [0.15, 0.2) is 150 Å². The first-order valence-corrected chi connectivity index (χ1v) is 15.5. The van der Waals surface area contributed by atoms with Crippen LogP contribution in [0.1, 0.15) is 22.3 Å².